The van der Waals surface area contributed by atoms with Crippen molar-refractivity contribution < 1.29 is 9.90 Å². The number of pyridine rings is 1. The summed E-state index contributed by atoms with van der Waals surface area (Å²) in [6.45, 7) is 8.30. The van der Waals surface area contributed by atoms with Gasteiger partial charge in [0.25, 0.3) is 0 Å². The average Bonchev–Trinajstić information content (AvgIpc) is 3.36. The Labute approximate surface area is 229 Å². The number of anilines is 1. The van der Waals surface area contributed by atoms with Crippen LogP contribution in [0.2, 0.25) is 0 Å². The molecule has 1 aliphatic carbocycles. The first kappa shape index (κ1) is 27.1. The molecule has 1 saturated carbocycles. The van der Waals surface area contributed by atoms with Crippen LogP contribution in [0.25, 0.3) is 0 Å². The van der Waals surface area contributed by atoms with Crippen molar-refractivity contribution in [3.05, 3.63) is 60.3 Å². The predicted molar refractivity (Wildman–Crippen MR) is 154 cm³/mol. The summed E-state index contributed by atoms with van der Waals surface area (Å²) in [7, 11) is 0. The molecule has 3 fully saturated rings. The van der Waals surface area contributed by atoms with Crippen molar-refractivity contribution in [2.24, 2.45) is 11.8 Å². The molecule has 206 valence electrons. The van der Waals surface area contributed by atoms with E-state index in [0.29, 0.717) is 23.8 Å². The zero-order valence-electron chi connectivity index (χ0n) is 23.1. The molecule has 0 unspecified atom stereocenters. The van der Waals surface area contributed by atoms with Gasteiger partial charge >= 0.3 is 5.97 Å². The molecule has 38 heavy (non-hydrogen) atoms. The second-order valence-corrected chi connectivity index (χ2v) is 11.8. The van der Waals surface area contributed by atoms with Crippen LogP contribution < -0.4 is 4.90 Å². The van der Waals surface area contributed by atoms with Crippen LogP contribution in [0.5, 0.6) is 0 Å². The van der Waals surface area contributed by atoms with Crippen molar-refractivity contribution >= 4 is 11.8 Å². The zero-order chi connectivity index (χ0) is 26.3. The number of rotatable bonds is 10. The van der Waals surface area contributed by atoms with E-state index < -0.39 is 5.97 Å². The van der Waals surface area contributed by atoms with E-state index in [2.05, 4.69) is 69.1 Å². The molecule has 0 amide bonds. The highest BCUT2D eigenvalue weighted by Crippen LogP contribution is 2.38. The lowest BCUT2D eigenvalue weighted by molar-refractivity contribution is -0.145. The minimum absolute atomic E-state index is 0.295. The molecular formula is C32H46N4O2. The molecule has 6 nitrogen and oxygen atoms in total. The molecule has 0 spiro atoms. The lowest BCUT2D eigenvalue weighted by Crippen LogP contribution is -2.48. The maximum atomic E-state index is 12.5. The Balaban J connectivity index is 1.26. The van der Waals surface area contributed by atoms with Crippen molar-refractivity contribution in [2.75, 3.05) is 44.2 Å². The number of aromatic nitrogens is 1. The number of hydrogen-bond donors (Lipinski definition) is 1. The van der Waals surface area contributed by atoms with Crippen LogP contribution in [0.4, 0.5) is 5.82 Å². The highest BCUT2D eigenvalue weighted by atomic mass is 16.4. The highest BCUT2D eigenvalue weighted by Gasteiger charge is 2.43. The van der Waals surface area contributed by atoms with Crippen molar-refractivity contribution in [3.8, 4) is 0 Å². The molecule has 1 aromatic heterocycles. The third-order valence-electron chi connectivity index (χ3n) is 9.34. The fraction of sp³-hybridized carbons (Fsp3) is 0.625. The zero-order valence-corrected chi connectivity index (χ0v) is 23.1. The monoisotopic (exact) mass is 518 g/mol. The van der Waals surface area contributed by atoms with Crippen molar-refractivity contribution in [3.63, 3.8) is 0 Å². The average molecular weight is 519 g/mol. The quantitative estimate of drug-likeness (QED) is 0.448. The molecule has 5 rings (SSSR count). The largest absolute Gasteiger partial charge is 0.480 e. The minimum Gasteiger partial charge on any atom is -0.480 e. The van der Waals surface area contributed by atoms with E-state index in [1.54, 1.807) is 0 Å². The number of likely N-dealkylation sites (tertiary alicyclic amines) is 2. The van der Waals surface area contributed by atoms with Crippen LogP contribution in [-0.2, 0) is 4.79 Å². The van der Waals surface area contributed by atoms with Gasteiger partial charge in [-0.1, -0.05) is 62.6 Å². The first-order chi connectivity index (χ1) is 18.6. The van der Waals surface area contributed by atoms with Crippen molar-refractivity contribution in [1.29, 1.82) is 0 Å². The van der Waals surface area contributed by atoms with E-state index in [-0.39, 0.29) is 6.04 Å². The summed E-state index contributed by atoms with van der Waals surface area (Å²) < 4.78 is 0. The second-order valence-electron chi connectivity index (χ2n) is 11.8. The van der Waals surface area contributed by atoms with E-state index in [4.69, 9.17) is 0 Å². The first-order valence-corrected chi connectivity index (χ1v) is 15.1. The Morgan fingerprint density at radius 2 is 1.74 bits per heavy atom. The van der Waals surface area contributed by atoms with Gasteiger partial charge < -0.3 is 14.9 Å². The number of aliphatic carboxylic acids is 1. The Bertz CT molecular complexity index is 989. The minimum atomic E-state index is -0.615. The number of carboxylic acids is 1. The van der Waals surface area contributed by atoms with E-state index in [9.17, 15) is 9.90 Å². The van der Waals surface area contributed by atoms with Gasteiger partial charge in [-0.05, 0) is 61.6 Å². The Morgan fingerprint density at radius 1 is 1.00 bits per heavy atom. The number of benzene rings is 1. The normalized spacial score (nSPS) is 24.9. The van der Waals surface area contributed by atoms with Gasteiger partial charge in [-0.25, -0.2) is 4.98 Å². The van der Waals surface area contributed by atoms with Gasteiger partial charge in [0.15, 0.2) is 0 Å². The van der Waals surface area contributed by atoms with Gasteiger partial charge in [0.1, 0.15) is 11.9 Å². The Morgan fingerprint density at radius 3 is 2.39 bits per heavy atom. The van der Waals surface area contributed by atoms with Crippen molar-refractivity contribution in [2.45, 2.75) is 76.3 Å². The van der Waals surface area contributed by atoms with Crippen LogP contribution in [0.1, 0.15) is 69.8 Å². The van der Waals surface area contributed by atoms with Gasteiger partial charge in [-0.3, -0.25) is 9.69 Å². The third-order valence-corrected chi connectivity index (χ3v) is 9.34. The number of nitrogens with zero attached hydrogens (tertiary/aromatic N) is 4. The van der Waals surface area contributed by atoms with Crippen LogP contribution in [0.15, 0.2) is 54.7 Å². The van der Waals surface area contributed by atoms with Crippen LogP contribution >= 0.6 is 0 Å². The van der Waals surface area contributed by atoms with E-state index in [0.717, 1.165) is 77.2 Å². The summed E-state index contributed by atoms with van der Waals surface area (Å²) in [5, 5.41) is 10.3. The Kier molecular flexibility index (Phi) is 9.34. The van der Waals surface area contributed by atoms with E-state index in [1.807, 2.05) is 12.3 Å². The molecule has 0 radical (unpaired) electrons. The molecule has 1 aromatic carbocycles. The summed E-state index contributed by atoms with van der Waals surface area (Å²) in [4.78, 5) is 24.7. The number of carboxylic acid groups (broad SMARTS) is 1. The number of hydrogen-bond acceptors (Lipinski definition) is 5. The smallest absolute Gasteiger partial charge is 0.321 e. The van der Waals surface area contributed by atoms with Crippen LogP contribution in [0.3, 0.4) is 0 Å². The van der Waals surface area contributed by atoms with Gasteiger partial charge in [-0.2, -0.15) is 0 Å². The molecule has 0 bridgehead atoms. The highest BCUT2D eigenvalue weighted by molar-refractivity contribution is 5.74. The van der Waals surface area contributed by atoms with Crippen LogP contribution in [-0.4, -0.2) is 77.2 Å². The standard InChI is InChI=1S/C32H46N4O2/c1-2-19-36(30-15-9-10-18-33-30)28-16-20-34(21-17-28)22-27-23-35(24-29(27)25-11-5-3-6-12-25)31(32(37)38)26-13-7-4-8-14-26/h3,5-6,9-12,15,18,26-29,31H,2,4,7-8,13-14,16-17,19-24H2,1H3,(H,37,38)/t27-,29+,31+/m0/s1. The fourth-order valence-corrected chi connectivity index (χ4v) is 7.49. The summed E-state index contributed by atoms with van der Waals surface area (Å²) >= 11 is 0. The van der Waals surface area contributed by atoms with Gasteiger partial charge in [-0.15, -0.1) is 0 Å². The summed E-state index contributed by atoms with van der Waals surface area (Å²) in [5.74, 6) is 1.64. The Hall–Kier alpha value is -2.44. The van der Waals surface area contributed by atoms with Gasteiger partial charge in [0.2, 0.25) is 0 Å². The topological polar surface area (TPSA) is 59.9 Å². The molecule has 3 atom stereocenters. The van der Waals surface area contributed by atoms with Crippen molar-refractivity contribution in [1.82, 2.24) is 14.8 Å². The third kappa shape index (κ3) is 6.40. The number of piperidine rings is 1. The van der Waals surface area contributed by atoms with Crippen LogP contribution in [0, 0.1) is 11.8 Å². The molecule has 2 aliphatic heterocycles. The molecular weight excluding hydrogens is 472 g/mol. The van der Waals surface area contributed by atoms with E-state index in [1.165, 1.54) is 24.8 Å². The maximum Gasteiger partial charge on any atom is 0.321 e. The van der Waals surface area contributed by atoms with Gasteiger partial charge in [0, 0.05) is 57.4 Å². The molecule has 2 aromatic rings. The molecule has 6 heteroatoms. The lowest BCUT2D eigenvalue weighted by Gasteiger charge is -2.40. The predicted octanol–water partition coefficient (Wildman–Crippen LogP) is 5.51. The van der Waals surface area contributed by atoms with E-state index >= 15 is 0 Å². The fourth-order valence-electron chi connectivity index (χ4n) is 7.49. The summed E-state index contributed by atoms with van der Waals surface area (Å²) in [6.07, 6.45) is 11.1. The molecule has 3 heterocycles. The maximum absolute atomic E-state index is 12.5. The second kappa shape index (κ2) is 13.1. The molecule has 1 N–H and O–H groups in total. The lowest BCUT2D eigenvalue weighted by atomic mass is 9.83. The van der Waals surface area contributed by atoms with Gasteiger partial charge in [0.05, 0.1) is 0 Å². The molecule has 3 aliphatic rings. The molecule has 2 saturated heterocycles. The summed E-state index contributed by atoms with van der Waals surface area (Å²) in [5.41, 5.74) is 1.37. The SMILES string of the molecule is CCCN(c1ccccn1)C1CCN(C[C@H]2CN([C@@H](C(=O)O)C3CCCCC3)C[C@@H]2c2ccccc2)CC1. The first-order valence-electron chi connectivity index (χ1n) is 15.1. The summed E-state index contributed by atoms with van der Waals surface area (Å²) in [6, 6.07) is 17.3. The number of carbonyl (C=O) groups is 1.